The second kappa shape index (κ2) is 8.83. The van der Waals surface area contributed by atoms with Crippen LogP contribution in [0, 0.1) is 0 Å². The zero-order valence-electron chi connectivity index (χ0n) is 18.8. The summed E-state index contributed by atoms with van der Waals surface area (Å²) in [5.74, 6) is 1.87. The van der Waals surface area contributed by atoms with Crippen molar-refractivity contribution >= 4 is 28.5 Å². The van der Waals surface area contributed by atoms with Gasteiger partial charge >= 0.3 is 0 Å². The molecule has 2 aliphatic rings. The Morgan fingerprint density at radius 3 is 2.27 bits per heavy atom. The Bertz CT molecular complexity index is 1190. The minimum Gasteiger partial charge on any atom is -0.493 e. The van der Waals surface area contributed by atoms with Crippen molar-refractivity contribution in [2.75, 3.05) is 32.0 Å². The molecule has 0 saturated heterocycles. The first-order valence-corrected chi connectivity index (χ1v) is 11.7. The van der Waals surface area contributed by atoms with E-state index < -0.39 is 0 Å². The van der Waals surface area contributed by atoms with Gasteiger partial charge < -0.3 is 24.8 Å². The summed E-state index contributed by atoms with van der Waals surface area (Å²) in [5, 5.41) is 9.24. The molecule has 33 heavy (non-hydrogen) atoms. The number of para-hydroxylation sites is 2. The predicted molar refractivity (Wildman–Crippen MR) is 131 cm³/mol. The summed E-state index contributed by atoms with van der Waals surface area (Å²) >= 11 is 1.66. The molecule has 0 radical (unpaired) electrons. The molecule has 0 spiro atoms. The summed E-state index contributed by atoms with van der Waals surface area (Å²) in [6.07, 6.45) is 1.12. The number of fused-ring (bicyclic) bond motifs is 1. The number of Topliss-reactive ketones (excluding diaryl/α,β-unsaturated/α-hetero) is 1. The summed E-state index contributed by atoms with van der Waals surface area (Å²) in [5.41, 5.74) is 4.73. The second-order valence-corrected chi connectivity index (χ2v) is 9.12. The maximum Gasteiger partial charge on any atom is 0.203 e. The fourth-order valence-electron chi connectivity index (χ4n) is 4.73. The van der Waals surface area contributed by atoms with Crippen LogP contribution in [0.1, 0.15) is 35.2 Å². The molecule has 170 valence electrons. The number of ether oxygens (including phenoxy) is 3. The summed E-state index contributed by atoms with van der Waals surface area (Å²) in [6, 6.07) is 15.9. The number of thiophene rings is 1. The first-order chi connectivity index (χ1) is 16.1. The minimum absolute atomic E-state index is 0.00768. The van der Waals surface area contributed by atoms with Crippen LogP contribution in [0.25, 0.3) is 0 Å². The lowest BCUT2D eigenvalue weighted by Gasteiger charge is -2.30. The number of hydrogen-bond acceptors (Lipinski definition) is 7. The summed E-state index contributed by atoms with van der Waals surface area (Å²) in [4.78, 5) is 14.8. The van der Waals surface area contributed by atoms with Gasteiger partial charge in [0.25, 0.3) is 0 Å². The third-order valence-electron chi connectivity index (χ3n) is 6.30. The van der Waals surface area contributed by atoms with E-state index in [4.69, 9.17) is 14.2 Å². The highest BCUT2D eigenvalue weighted by atomic mass is 32.1. The van der Waals surface area contributed by atoms with Crippen molar-refractivity contribution in [2.45, 2.75) is 24.8 Å². The molecule has 5 rings (SSSR count). The number of methoxy groups -OCH3 is 3. The van der Waals surface area contributed by atoms with Crippen LogP contribution in [0.15, 0.2) is 65.2 Å². The number of carbonyl (C=O) groups excluding carboxylic acids is 1. The molecule has 7 heteroatoms. The number of carbonyl (C=O) groups is 1. The molecule has 1 aromatic heterocycles. The van der Waals surface area contributed by atoms with E-state index in [1.165, 1.54) is 0 Å². The lowest BCUT2D eigenvalue weighted by molar-refractivity contribution is -0.116. The van der Waals surface area contributed by atoms with Crippen LogP contribution in [0.3, 0.4) is 0 Å². The monoisotopic (exact) mass is 462 g/mol. The SMILES string of the molecule is COc1cc([C@@H]2CC(=O)C3=C(C2)Nc2ccccc2N[C@@H]3c2cccs2)cc(OC)c1OC. The van der Waals surface area contributed by atoms with E-state index in [0.29, 0.717) is 30.1 Å². The van der Waals surface area contributed by atoms with Crippen molar-refractivity contribution in [2.24, 2.45) is 0 Å². The highest BCUT2D eigenvalue weighted by Crippen LogP contribution is 2.47. The Morgan fingerprint density at radius 2 is 1.64 bits per heavy atom. The number of rotatable bonds is 5. The summed E-state index contributed by atoms with van der Waals surface area (Å²) < 4.78 is 16.6. The number of nitrogens with one attached hydrogen (secondary N) is 2. The number of hydrogen-bond donors (Lipinski definition) is 2. The molecule has 0 amide bonds. The number of anilines is 2. The van der Waals surface area contributed by atoms with E-state index in [0.717, 1.165) is 33.1 Å². The molecule has 1 aliphatic heterocycles. The van der Waals surface area contributed by atoms with Gasteiger partial charge in [0, 0.05) is 22.6 Å². The molecule has 2 atom stereocenters. The third-order valence-corrected chi connectivity index (χ3v) is 7.23. The van der Waals surface area contributed by atoms with Crippen LogP contribution < -0.4 is 24.8 Å². The predicted octanol–water partition coefficient (Wildman–Crippen LogP) is 5.75. The highest BCUT2D eigenvalue weighted by Gasteiger charge is 2.37. The third kappa shape index (κ3) is 3.82. The Hall–Kier alpha value is -3.45. The summed E-state index contributed by atoms with van der Waals surface area (Å²) in [6.45, 7) is 0. The van der Waals surface area contributed by atoms with E-state index in [2.05, 4.69) is 16.7 Å². The Kier molecular flexibility index (Phi) is 5.72. The smallest absolute Gasteiger partial charge is 0.203 e. The molecule has 2 aromatic carbocycles. The summed E-state index contributed by atoms with van der Waals surface area (Å²) in [7, 11) is 4.80. The standard InChI is InChI=1S/C26H26N2O4S/c1-30-21-13-16(14-22(31-2)26(21)32-3)15-11-19-24(20(29)12-15)25(23-9-6-10-33-23)28-18-8-5-4-7-17(18)27-19/h4-10,13-15,25,27-28H,11-12H2,1-3H3/t15-,25+/m0/s1. The molecule has 6 nitrogen and oxygen atoms in total. The molecule has 1 aliphatic carbocycles. The van der Waals surface area contributed by atoms with Gasteiger partial charge in [0.15, 0.2) is 17.3 Å². The van der Waals surface area contributed by atoms with Crippen LogP contribution in [-0.2, 0) is 4.79 Å². The van der Waals surface area contributed by atoms with Gasteiger partial charge in [0.05, 0.1) is 38.7 Å². The minimum atomic E-state index is -0.176. The molecule has 3 aromatic rings. The van der Waals surface area contributed by atoms with Gasteiger partial charge in [-0.1, -0.05) is 18.2 Å². The van der Waals surface area contributed by atoms with Gasteiger partial charge in [-0.2, -0.15) is 0 Å². The normalized spacial score (nSPS) is 19.5. The highest BCUT2D eigenvalue weighted by molar-refractivity contribution is 7.10. The zero-order valence-corrected chi connectivity index (χ0v) is 19.6. The lowest BCUT2D eigenvalue weighted by atomic mass is 9.79. The maximum atomic E-state index is 13.6. The van der Waals surface area contributed by atoms with Crippen molar-refractivity contribution in [1.82, 2.24) is 0 Å². The van der Waals surface area contributed by atoms with Gasteiger partial charge in [-0.15, -0.1) is 11.3 Å². The van der Waals surface area contributed by atoms with E-state index in [-0.39, 0.29) is 17.7 Å². The molecule has 2 N–H and O–H groups in total. The first-order valence-electron chi connectivity index (χ1n) is 10.8. The number of allylic oxidation sites excluding steroid dienone is 1. The van der Waals surface area contributed by atoms with Crippen molar-refractivity contribution in [3.8, 4) is 17.2 Å². The van der Waals surface area contributed by atoms with Crippen LogP contribution in [0.4, 0.5) is 11.4 Å². The maximum absolute atomic E-state index is 13.6. The van der Waals surface area contributed by atoms with Gasteiger partial charge in [-0.25, -0.2) is 0 Å². The molecule has 2 heterocycles. The van der Waals surface area contributed by atoms with Gasteiger partial charge in [-0.3, -0.25) is 4.79 Å². The molecule has 0 fully saturated rings. The zero-order chi connectivity index (χ0) is 22.9. The first kappa shape index (κ1) is 21.4. The van der Waals surface area contributed by atoms with Gasteiger partial charge in [0.2, 0.25) is 5.75 Å². The van der Waals surface area contributed by atoms with Crippen LogP contribution in [0.5, 0.6) is 17.2 Å². The fourth-order valence-corrected chi connectivity index (χ4v) is 5.52. The quantitative estimate of drug-likeness (QED) is 0.503. The fraction of sp³-hybridized carbons (Fsp3) is 0.269. The van der Waals surface area contributed by atoms with E-state index in [9.17, 15) is 4.79 Å². The van der Waals surface area contributed by atoms with Crippen LogP contribution >= 0.6 is 11.3 Å². The Balaban J connectivity index is 1.58. The molecule has 0 bridgehead atoms. The van der Waals surface area contributed by atoms with Crippen LogP contribution in [0.2, 0.25) is 0 Å². The van der Waals surface area contributed by atoms with E-state index in [1.54, 1.807) is 32.7 Å². The average Bonchev–Trinajstić information content (AvgIpc) is 3.31. The molecule has 0 saturated carbocycles. The van der Waals surface area contributed by atoms with Crippen molar-refractivity contribution in [1.29, 1.82) is 0 Å². The Morgan fingerprint density at radius 1 is 0.909 bits per heavy atom. The Labute approximate surface area is 197 Å². The molecular formula is C26H26N2O4S. The van der Waals surface area contributed by atoms with E-state index >= 15 is 0 Å². The largest absolute Gasteiger partial charge is 0.493 e. The lowest BCUT2D eigenvalue weighted by Crippen LogP contribution is -2.26. The van der Waals surface area contributed by atoms with Crippen molar-refractivity contribution in [3.05, 3.63) is 75.6 Å². The van der Waals surface area contributed by atoms with Crippen molar-refractivity contribution in [3.63, 3.8) is 0 Å². The molecule has 0 unspecified atom stereocenters. The van der Waals surface area contributed by atoms with Gasteiger partial charge in [-0.05, 0) is 53.6 Å². The van der Waals surface area contributed by atoms with Gasteiger partial charge in [0.1, 0.15) is 0 Å². The van der Waals surface area contributed by atoms with Crippen LogP contribution in [-0.4, -0.2) is 27.1 Å². The molecular weight excluding hydrogens is 436 g/mol. The average molecular weight is 463 g/mol. The van der Waals surface area contributed by atoms with E-state index in [1.807, 2.05) is 47.8 Å². The van der Waals surface area contributed by atoms with Crippen molar-refractivity contribution < 1.29 is 19.0 Å². The topological polar surface area (TPSA) is 68.8 Å². The number of benzene rings is 2. The number of ketones is 1. The second-order valence-electron chi connectivity index (χ2n) is 8.14.